The van der Waals surface area contributed by atoms with Crippen molar-refractivity contribution in [3.8, 4) is 0 Å². The molecule has 0 aliphatic rings. The van der Waals surface area contributed by atoms with E-state index < -0.39 is 36.4 Å². The number of methoxy groups -OCH3 is 1. The molecule has 1 atom stereocenters. The Labute approximate surface area is 104 Å². The minimum atomic E-state index is -4.39. The zero-order valence-corrected chi connectivity index (χ0v) is 10.7. The first-order valence-corrected chi connectivity index (χ1v) is 5.61. The molecular weight excluding hydrogens is 251 g/mol. The maximum absolute atomic E-state index is 12.0. The van der Waals surface area contributed by atoms with Gasteiger partial charge < -0.3 is 10.1 Å². The Morgan fingerprint density at radius 3 is 2.17 bits per heavy atom. The lowest BCUT2D eigenvalue weighted by molar-refractivity contribution is -0.152. The van der Waals surface area contributed by atoms with Crippen LogP contribution in [0.5, 0.6) is 0 Å². The Morgan fingerprint density at radius 1 is 1.22 bits per heavy atom. The van der Waals surface area contributed by atoms with Gasteiger partial charge in [0.25, 0.3) is 0 Å². The number of rotatable bonds is 6. The maximum Gasteiger partial charge on any atom is 0.389 e. The number of nitrogens with one attached hydrogen (secondary N) is 1. The van der Waals surface area contributed by atoms with Crippen molar-refractivity contribution in [3.05, 3.63) is 0 Å². The van der Waals surface area contributed by atoms with E-state index in [0.29, 0.717) is 12.8 Å². The van der Waals surface area contributed by atoms with Crippen LogP contribution in [0.15, 0.2) is 0 Å². The van der Waals surface area contributed by atoms with Crippen LogP contribution in [0.25, 0.3) is 0 Å². The third-order valence-corrected chi connectivity index (χ3v) is 2.44. The highest BCUT2D eigenvalue weighted by molar-refractivity contribution is 5.87. The van der Waals surface area contributed by atoms with E-state index in [2.05, 4.69) is 10.1 Å². The van der Waals surface area contributed by atoms with E-state index in [9.17, 15) is 22.8 Å². The van der Waals surface area contributed by atoms with E-state index in [0.717, 1.165) is 7.11 Å². The zero-order valence-electron chi connectivity index (χ0n) is 10.7. The highest BCUT2D eigenvalue weighted by Gasteiger charge is 2.36. The number of hydrogen-bond donors (Lipinski definition) is 1. The summed E-state index contributed by atoms with van der Waals surface area (Å²) in [6.07, 6.45) is -5.39. The summed E-state index contributed by atoms with van der Waals surface area (Å²) in [4.78, 5) is 22.9. The molecule has 0 aliphatic heterocycles. The van der Waals surface area contributed by atoms with E-state index >= 15 is 0 Å². The van der Waals surface area contributed by atoms with Gasteiger partial charge in [-0.25, -0.2) is 4.79 Å². The third kappa shape index (κ3) is 5.88. The van der Waals surface area contributed by atoms with E-state index in [-0.39, 0.29) is 0 Å². The van der Waals surface area contributed by atoms with Gasteiger partial charge in [-0.05, 0) is 13.3 Å². The van der Waals surface area contributed by atoms with Crippen LogP contribution in [0.2, 0.25) is 0 Å². The molecule has 1 N–H and O–H groups in total. The molecule has 0 fully saturated rings. The van der Waals surface area contributed by atoms with Gasteiger partial charge in [0.15, 0.2) is 0 Å². The van der Waals surface area contributed by atoms with E-state index in [1.807, 2.05) is 0 Å². The topological polar surface area (TPSA) is 55.4 Å². The second-order valence-electron chi connectivity index (χ2n) is 4.24. The van der Waals surface area contributed by atoms with Crippen molar-refractivity contribution in [1.29, 1.82) is 0 Å². The van der Waals surface area contributed by atoms with Crippen molar-refractivity contribution in [1.82, 2.24) is 5.32 Å². The summed E-state index contributed by atoms with van der Waals surface area (Å²) >= 11 is 0. The van der Waals surface area contributed by atoms with Gasteiger partial charge in [0.05, 0.1) is 13.5 Å². The zero-order chi connectivity index (χ0) is 14.4. The molecule has 0 heterocycles. The highest BCUT2D eigenvalue weighted by atomic mass is 19.4. The van der Waals surface area contributed by atoms with Gasteiger partial charge in [0, 0.05) is 6.42 Å². The molecule has 0 rings (SSSR count). The molecule has 106 valence electrons. The van der Waals surface area contributed by atoms with Crippen LogP contribution < -0.4 is 5.32 Å². The first kappa shape index (κ1) is 16.7. The Morgan fingerprint density at radius 2 is 1.78 bits per heavy atom. The standard InChI is InChI=1S/C11H18F3NO3/c1-4-6-10(2,9(17)18-3)15-8(16)5-7-11(12,13)14/h4-7H2,1-3H3,(H,15,16). The molecule has 0 saturated carbocycles. The molecule has 0 aromatic carbocycles. The number of carbonyl (C=O) groups excluding carboxylic acids is 2. The Bertz CT molecular complexity index is 304. The summed E-state index contributed by atoms with van der Waals surface area (Å²) in [5.74, 6) is -1.47. The normalized spacial score (nSPS) is 14.8. The molecule has 1 amide bonds. The van der Waals surface area contributed by atoms with Gasteiger partial charge in [0.1, 0.15) is 5.54 Å². The summed E-state index contributed by atoms with van der Waals surface area (Å²) in [5.41, 5.74) is -1.27. The van der Waals surface area contributed by atoms with Crippen molar-refractivity contribution in [2.75, 3.05) is 7.11 Å². The number of amides is 1. The SMILES string of the molecule is CCCC(C)(NC(=O)CCC(F)(F)F)C(=O)OC. The predicted molar refractivity (Wildman–Crippen MR) is 58.8 cm³/mol. The molecule has 0 saturated heterocycles. The fourth-order valence-electron chi connectivity index (χ4n) is 1.57. The molecule has 4 nitrogen and oxygen atoms in total. The fraction of sp³-hybridized carbons (Fsp3) is 0.818. The van der Waals surface area contributed by atoms with Crippen LogP contribution in [0.4, 0.5) is 13.2 Å². The molecule has 7 heteroatoms. The molecule has 0 aliphatic carbocycles. The Kier molecular flexibility index (Phi) is 6.14. The smallest absolute Gasteiger partial charge is 0.389 e. The van der Waals surface area contributed by atoms with Crippen LogP contribution in [0.3, 0.4) is 0 Å². The van der Waals surface area contributed by atoms with Crippen molar-refractivity contribution in [3.63, 3.8) is 0 Å². The largest absolute Gasteiger partial charge is 0.467 e. The van der Waals surface area contributed by atoms with Crippen molar-refractivity contribution < 1.29 is 27.5 Å². The van der Waals surface area contributed by atoms with Crippen LogP contribution >= 0.6 is 0 Å². The summed E-state index contributed by atoms with van der Waals surface area (Å²) < 4.78 is 40.4. The van der Waals surface area contributed by atoms with Crippen molar-refractivity contribution in [2.24, 2.45) is 0 Å². The van der Waals surface area contributed by atoms with Crippen LogP contribution in [0.1, 0.15) is 39.5 Å². The lowest BCUT2D eigenvalue weighted by atomic mass is 9.96. The number of alkyl halides is 3. The number of carbonyl (C=O) groups is 2. The minimum absolute atomic E-state index is 0.303. The van der Waals surface area contributed by atoms with Crippen molar-refractivity contribution in [2.45, 2.75) is 51.2 Å². The van der Waals surface area contributed by atoms with Gasteiger partial charge in [-0.1, -0.05) is 13.3 Å². The third-order valence-electron chi connectivity index (χ3n) is 2.44. The lowest BCUT2D eigenvalue weighted by Gasteiger charge is -2.27. The number of ether oxygens (including phenoxy) is 1. The first-order valence-electron chi connectivity index (χ1n) is 5.61. The van der Waals surface area contributed by atoms with Gasteiger partial charge >= 0.3 is 12.1 Å². The number of halogens is 3. The molecule has 0 spiro atoms. The van der Waals surface area contributed by atoms with Crippen molar-refractivity contribution >= 4 is 11.9 Å². The van der Waals surface area contributed by atoms with Gasteiger partial charge in [-0.2, -0.15) is 13.2 Å². The monoisotopic (exact) mass is 269 g/mol. The summed E-state index contributed by atoms with van der Waals surface area (Å²) in [7, 11) is 1.16. The minimum Gasteiger partial charge on any atom is -0.467 e. The Balaban J connectivity index is 4.50. The number of hydrogen-bond acceptors (Lipinski definition) is 3. The van der Waals surface area contributed by atoms with E-state index in [4.69, 9.17) is 0 Å². The predicted octanol–water partition coefficient (Wildman–Crippen LogP) is 2.18. The van der Waals surface area contributed by atoms with Crippen LogP contribution in [-0.2, 0) is 14.3 Å². The maximum atomic E-state index is 12.0. The second-order valence-corrected chi connectivity index (χ2v) is 4.24. The molecule has 1 unspecified atom stereocenters. The summed E-state index contributed by atoms with van der Waals surface area (Å²) in [6, 6.07) is 0. The quantitative estimate of drug-likeness (QED) is 0.752. The van der Waals surface area contributed by atoms with Gasteiger partial charge in [-0.15, -0.1) is 0 Å². The summed E-state index contributed by atoms with van der Waals surface area (Å²) in [6.45, 7) is 3.23. The van der Waals surface area contributed by atoms with Crippen LogP contribution in [-0.4, -0.2) is 30.7 Å². The molecule has 0 radical (unpaired) electrons. The van der Waals surface area contributed by atoms with Crippen LogP contribution in [0, 0.1) is 0 Å². The van der Waals surface area contributed by atoms with E-state index in [1.54, 1.807) is 6.92 Å². The average molecular weight is 269 g/mol. The molecule has 0 bridgehead atoms. The fourth-order valence-corrected chi connectivity index (χ4v) is 1.57. The molecule has 0 aromatic rings. The highest BCUT2D eigenvalue weighted by Crippen LogP contribution is 2.22. The molecule has 18 heavy (non-hydrogen) atoms. The molecular formula is C11H18F3NO3. The number of esters is 1. The lowest BCUT2D eigenvalue weighted by Crippen LogP contribution is -2.52. The first-order chi connectivity index (χ1) is 8.14. The summed E-state index contributed by atoms with van der Waals surface area (Å²) in [5, 5.41) is 2.30. The average Bonchev–Trinajstić information content (AvgIpc) is 2.24. The van der Waals surface area contributed by atoms with Gasteiger partial charge in [-0.3, -0.25) is 4.79 Å². The van der Waals surface area contributed by atoms with Gasteiger partial charge in [0.2, 0.25) is 5.91 Å². The second kappa shape index (κ2) is 6.61. The van der Waals surface area contributed by atoms with E-state index in [1.165, 1.54) is 6.92 Å². The molecule has 0 aromatic heterocycles. The Hall–Kier alpha value is -1.27.